The van der Waals surface area contributed by atoms with Crippen molar-refractivity contribution in [2.75, 3.05) is 0 Å². The highest BCUT2D eigenvalue weighted by atomic mass is 79.9. The molecule has 78 valence electrons. The monoisotopic (exact) mass is 275 g/mol. The van der Waals surface area contributed by atoms with Gasteiger partial charge in [0, 0.05) is 4.47 Å². The van der Waals surface area contributed by atoms with Gasteiger partial charge in [-0.1, -0.05) is 0 Å². The molecule has 0 aliphatic rings. The van der Waals surface area contributed by atoms with Crippen molar-refractivity contribution in [3.05, 3.63) is 33.3 Å². The maximum Gasteiger partial charge on any atom is 0.336 e. The number of aromatic carboxylic acids is 1. The molecule has 6 heteroatoms. The van der Waals surface area contributed by atoms with E-state index in [1.165, 1.54) is 6.07 Å². The summed E-state index contributed by atoms with van der Waals surface area (Å²) in [7, 11) is 0. The van der Waals surface area contributed by atoms with Crippen LogP contribution in [0, 0.1) is 11.3 Å². The average molecular weight is 276 g/mol. The van der Waals surface area contributed by atoms with Crippen molar-refractivity contribution < 1.29 is 18.7 Å². The van der Waals surface area contributed by atoms with Crippen molar-refractivity contribution in [1.82, 2.24) is 0 Å². The SMILES string of the molecule is N#Cc1c(Br)ccc(C(=O)O)c1C(F)F. The van der Waals surface area contributed by atoms with Crippen LogP contribution in [0.2, 0.25) is 0 Å². The number of hydrogen-bond donors (Lipinski definition) is 1. The fourth-order valence-electron chi connectivity index (χ4n) is 1.12. The van der Waals surface area contributed by atoms with Gasteiger partial charge in [-0.25, -0.2) is 13.6 Å². The summed E-state index contributed by atoms with van der Waals surface area (Å²) in [5.74, 6) is -1.48. The van der Waals surface area contributed by atoms with Crippen molar-refractivity contribution in [3.63, 3.8) is 0 Å². The number of rotatable bonds is 2. The van der Waals surface area contributed by atoms with E-state index >= 15 is 0 Å². The Morgan fingerprint density at radius 3 is 2.53 bits per heavy atom. The molecular formula is C9H4BrF2NO2. The maximum atomic E-state index is 12.6. The fourth-order valence-corrected chi connectivity index (χ4v) is 1.55. The van der Waals surface area contributed by atoms with Crippen LogP contribution in [0.5, 0.6) is 0 Å². The Bertz CT molecular complexity index is 454. The highest BCUT2D eigenvalue weighted by Gasteiger charge is 2.23. The number of carbonyl (C=O) groups is 1. The Morgan fingerprint density at radius 1 is 1.53 bits per heavy atom. The molecule has 0 saturated heterocycles. The highest BCUT2D eigenvalue weighted by Crippen LogP contribution is 2.31. The fraction of sp³-hybridized carbons (Fsp3) is 0.111. The Kier molecular flexibility index (Phi) is 3.37. The van der Waals surface area contributed by atoms with Gasteiger partial charge in [0.25, 0.3) is 6.43 Å². The van der Waals surface area contributed by atoms with Gasteiger partial charge < -0.3 is 5.11 Å². The first-order valence-corrected chi connectivity index (χ1v) is 4.52. The standard InChI is InChI=1S/C9H4BrF2NO2/c10-6-2-1-4(9(14)15)7(8(11)12)5(6)3-13/h1-2,8H,(H,14,15). The third-order valence-electron chi connectivity index (χ3n) is 1.76. The van der Waals surface area contributed by atoms with Crippen molar-refractivity contribution in [3.8, 4) is 6.07 Å². The topological polar surface area (TPSA) is 61.1 Å². The molecule has 0 atom stereocenters. The van der Waals surface area contributed by atoms with E-state index in [4.69, 9.17) is 10.4 Å². The largest absolute Gasteiger partial charge is 0.478 e. The van der Waals surface area contributed by atoms with Crippen molar-refractivity contribution >= 4 is 21.9 Å². The van der Waals surface area contributed by atoms with Crippen molar-refractivity contribution in [2.24, 2.45) is 0 Å². The predicted molar refractivity (Wildman–Crippen MR) is 50.8 cm³/mol. The van der Waals surface area contributed by atoms with Gasteiger partial charge in [-0.3, -0.25) is 0 Å². The first kappa shape index (κ1) is 11.6. The first-order valence-electron chi connectivity index (χ1n) is 3.73. The molecule has 1 aromatic carbocycles. The smallest absolute Gasteiger partial charge is 0.336 e. The predicted octanol–water partition coefficient (Wildman–Crippen LogP) is 2.96. The molecule has 0 fully saturated rings. The molecule has 0 heterocycles. The normalized spacial score (nSPS) is 10.1. The minimum atomic E-state index is -3.00. The summed E-state index contributed by atoms with van der Waals surface area (Å²) >= 11 is 2.91. The molecule has 0 aliphatic heterocycles. The third kappa shape index (κ3) is 2.13. The molecule has 0 aromatic heterocycles. The highest BCUT2D eigenvalue weighted by molar-refractivity contribution is 9.10. The number of benzene rings is 1. The van der Waals surface area contributed by atoms with Crippen LogP contribution < -0.4 is 0 Å². The second-order valence-electron chi connectivity index (χ2n) is 2.60. The van der Waals surface area contributed by atoms with Crippen LogP contribution in [0.4, 0.5) is 8.78 Å². The quantitative estimate of drug-likeness (QED) is 0.903. The molecule has 1 N–H and O–H groups in total. The van der Waals surface area contributed by atoms with E-state index in [1.807, 2.05) is 0 Å². The lowest BCUT2D eigenvalue weighted by molar-refractivity contribution is 0.0684. The Morgan fingerprint density at radius 2 is 2.13 bits per heavy atom. The Labute approximate surface area is 92.1 Å². The minimum Gasteiger partial charge on any atom is -0.478 e. The third-order valence-corrected chi connectivity index (χ3v) is 2.42. The molecule has 0 radical (unpaired) electrons. The second kappa shape index (κ2) is 4.36. The van der Waals surface area contributed by atoms with Gasteiger partial charge in [0.2, 0.25) is 0 Å². The zero-order valence-electron chi connectivity index (χ0n) is 7.17. The van der Waals surface area contributed by atoms with Crippen LogP contribution in [0.25, 0.3) is 0 Å². The summed E-state index contributed by atoms with van der Waals surface area (Å²) in [5, 5.41) is 17.3. The van der Waals surface area contributed by atoms with Gasteiger partial charge >= 0.3 is 5.97 Å². The zero-order chi connectivity index (χ0) is 11.6. The van der Waals surface area contributed by atoms with E-state index in [1.54, 1.807) is 6.07 Å². The number of carboxylic acid groups (broad SMARTS) is 1. The lowest BCUT2D eigenvalue weighted by atomic mass is 10.0. The lowest BCUT2D eigenvalue weighted by Crippen LogP contribution is -2.05. The molecule has 0 amide bonds. The van der Waals surface area contributed by atoms with Crippen LogP contribution in [0.1, 0.15) is 27.9 Å². The number of carboxylic acids is 1. The summed E-state index contributed by atoms with van der Waals surface area (Å²) in [6, 6.07) is 3.84. The van der Waals surface area contributed by atoms with Crippen LogP contribution >= 0.6 is 15.9 Å². The zero-order valence-corrected chi connectivity index (χ0v) is 8.75. The van der Waals surface area contributed by atoms with Crippen LogP contribution in [-0.4, -0.2) is 11.1 Å². The summed E-state index contributed by atoms with van der Waals surface area (Å²) in [6.07, 6.45) is -3.00. The van der Waals surface area contributed by atoms with Gasteiger partial charge in [0.1, 0.15) is 6.07 Å². The molecule has 0 bridgehead atoms. The van der Waals surface area contributed by atoms with Gasteiger partial charge in [0.15, 0.2) is 0 Å². The molecule has 1 rings (SSSR count). The van der Waals surface area contributed by atoms with E-state index in [0.717, 1.165) is 6.07 Å². The molecule has 0 spiro atoms. The lowest BCUT2D eigenvalue weighted by Gasteiger charge is -2.08. The van der Waals surface area contributed by atoms with Gasteiger partial charge in [0.05, 0.1) is 16.7 Å². The molecule has 0 aliphatic carbocycles. The molecule has 3 nitrogen and oxygen atoms in total. The minimum absolute atomic E-state index is 0.158. The van der Waals surface area contributed by atoms with Gasteiger partial charge in [-0.15, -0.1) is 0 Å². The molecule has 0 saturated carbocycles. The number of nitrogens with zero attached hydrogens (tertiary/aromatic N) is 1. The summed E-state index contributed by atoms with van der Waals surface area (Å²) in [5.41, 5.74) is -1.64. The van der Waals surface area contributed by atoms with Crippen molar-refractivity contribution in [1.29, 1.82) is 5.26 Å². The van der Waals surface area contributed by atoms with E-state index < -0.39 is 23.5 Å². The average Bonchev–Trinajstić information content (AvgIpc) is 2.16. The maximum absolute atomic E-state index is 12.6. The number of alkyl halides is 2. The summed E-state index contributed by atoms with van der Waals surface area (Å²) < 4.78 is 25.3. The molecule has 1 aromatic rings. The van der Waals surface area contributed by atoms with E-state index in [9.17, 15) is 13.6 Å². The second-order valence-corrected chi connectivity index (χ2v) is 3.46. The van der Waals surface area contributed by atoms with Crippen LogP contribution in [0.3, 0.4) is 0 Å². The number of halogens is 3. The number of nitriles is 1. The first-order chi connectivity index (χ1) is 6.99. The molecule has 0 unspecified atom stereocenters. The summed E-state index contributed by atoms with van der Waals surface area (Å²) in [4.78, 5) is 10.6. The molecule has 15 heavy (non-hydrogen) atoms. The molecular weight excluding hydrogens is 272 g/mol. The van der Waals surface area contributed by atoms with Gasteiger partial charge in [-0.05, 0) is 28.1 Å². The number of hydrogen-bond acceptors (Lipinski definition) is 2. The van der Waals surface area contributed by atoms with Gasteiger partial charge in [-0.2, -0.15) is 5.26 Å². The van der Waals surface area contributed by atoms with E-state index in [0.29, 0.717) is 0 Å². The van der Waals surface area contributed by atoms with E-state index in [2.05, 4.69) is 15.9 Å². The Balaban J connectivity index is 3.58. The Hall–Kier alpha value is -1.48. The van der Waals surface area contributed by atoms with Crippen LogP contribution in [-0.2, 0) is 0 Å². The summed E-state index contributed by atoms with van der Waals surface area (Å²) in [6.45, 7) is 0. The van der Waals surface area contributed by atoms with Crippen LogP contribution in [0.15, 0.2) is 16.6 Å². The van der Waals surface area contributed by atoms with Crippen molar-refractivity contribution in [2.45, 2.75) is 6.43 Å². The van der Waals surface area contributed by atoms with E-state index in [-0.39, 0.29) is 10.0 Å².